The SMILES string of the molecule is CCN(CC)B1[CH]C=CC=C1. The summed E-state index contributed by atoms with van der Waals surface area (Å²) in [5.41, 5.74) is 0. The molecule has 0 atom stereocenters. The third-order valence-electron chi connectivity index (χ3n) is 2.07. The number of hydrogen-bond acceptors (Lipinski definition) is 1. The van der Waals surface area contributed by atoms with Gasteiger partial charge in [0.25, 0.3) is 6.85 Å². The Balaban J connectivity index is 2.45. The van der Waals surface area contributed by atoms with E-state index in [-0.39, 0.29) is 0 Å². The summed E-state index contributed by atoms with van der Waals surface area (Å²) in [5, 5.41) is 0. The predicted molar refractivity (Wildman–Crippen MR) is 51.3 cm³/mol. The topological polar surface area (TPSA) is 3.24 Å². The largest absolute Gasteiger partial charge is 0.338 e. The maximum Gasteiger partial charge on any atom is 0.257 e. The first-order valence-corrected chi connectivity index (χ1v) is 4.30. The van der Waals surface area contributed by atoms with Gasteiger partial charge in [0.2, 0.25) is 0 Å². The summed E-state index contributed by atoms with van der Waals surface area (Å²) in [6, 6.07) is 0. The van der Waals surface area contributed by atoms with Crippen LogP contribution in [0.4, 0.5) is 0 Å². The first-order chi connectivity index (χ1) is 5.38. The van der Waals surface area contributed by atoms with Crippen molar-refractivity contribution in [2.75, 3.05) is 13.1 Å². The van der Waals surface area contributed by atoms with Gasteiger partial charge in [-0.1, -0.05) is 38.1 Å². The molecule has 1 heterocycles. The fourth-order valence-corrected chi connectivity index (χ4v) is 1.37. The third kappa shape index (κ3) is 2.23. The van der Waals surface area contributed by atoms with Gasteiger partial charge >= 0.3 is 0 Å². The van der Waals surface area contributed by atoms with Gasteiger partial charge in [0.05, 0.1) is 0 Å². The van der Waals surface area contributed by atoms with Gasteiger partial charge in [-0.3, -0.25) is 0 Å². The fraction of sp³-hybridized carbons (Fsp3) is 0.444. The zero-order valence-corrected chi connectivity index (χ0v) is 7.33. The Hall–Kier alpha value is -0.495. The van der Waals surface area contributed by atoms with Crippen LogP contribution in [-0.2, 0) is 0 Å². The minimum Gasteiger partial charge on any atom is -0.338 e. The lowest BCUT2D eigenvalue weighted by Crippen LogP contribution is -2.38. The molecule has 1 nitrogen and oxygen atoms in total. The first kappa shape index (κ1) is 8.60. The Morgan fingerprint density at radius 1 is 1.09 bits per heavy atom. The van der Waals surface area contributed by atoms with Crippen LogP contribution in [0.1, 0.15) is 13.8 Å². The van der Waals surface area contributed by atoms with Crippen molar-refractivity contribution in [3.8, 4) is 0 Å². The molecular weight excluding hydrogens is 133 g/mol. The molecular formula is C9H15BN. The second kappa shape index (κ2) is 4.40. The monoisotopic (exact) mass is 148 g/mol. The van der Waals surface area contributed by atoms with E-state index < -0.39 is 0 Å². The Morgan fingerprint density at radius 2 is 1.82 bits per heavy atom. The van der Waals surface area contributed by atoms with Crippen molar-refractivity contribution in [3.63, 3.8) is 0 Å². The molecule has 0 saturated carbocycles. The highest BCUT2D eigenvalue weighted by atomic mass is 15.0. The standard InChI is InChI=1S/C9H15BN/c1-3-11(4-2)10-8-6-5-7-9-10/h5-9H,3-4H2,1-2H3. The van der Waals surface area contributed by atoms with Crippen LogP contribution < -0.4 is 0 Å². The second-order valence-electron chi connectivity index (χ2n) is 2.67. The van der Waals surface area contributed by atoms with Gasteiger partial charge in [-0.25, -0.2) is 0 Å². The molecule has 1 aliphatic rings. The summed E-state index contributed by atoms with van der Waals surface area (Å²) in [6.45, 7) is 7.16. The lowest BCUT2D eigenvalue weighted by molar-refractivity contribution is 0.488. The molecule has 0 unspecified atom stereocenters. The molecule has 0 aliphatic carbocycles. The Labute approximate surface area is 69.9 Å². The molecule has 59 valence electrons. The molecule has 1 aliphatic heterocycles. The number of allylic oxidation sites excluding steroid dienone is 3. The smallest absolute Gasteiger partial charge is 0.257 e. The van der Waals surface area contributed by atoms with E-state index in [0.29, 0.717) is 6.85 Å². The highest BCUT2D eigenvalue weighted by molar-refractivity contribution is 6.66. The van der Waals surface area contributed by atoms with Gasteiger partial charge in [0.1, 0.15) is 0 Å². The minimum absolute atomic E-state index is 0.523. The van der Waals surface area contributed by atoms with E-state index in [2.05, 4.69) is 49.2 Å². The van der Waals surface area contributed by atoms with Crippen LogP contribution in [0.15, 0.2) is 24.2 Å². The Bertz CT molecular complexity index is 159. The summed E-state index contributed by atoms with van der Waals surface area (Å²) in [6.07, 6.45) is 8.53. The van der Waals surface area contributed by atoms with Crippen LogP contribution in [0, 0.1) is 6.32 Å². The zero-order chi connectivity index (χ0) is 8.10. The molecule has 0 amide bonds. The normalized spacial score (nSPS) is 16.5. The van der Waals surface area contributed by atoms with Crippen molar-refractivity contribution in [1.29, 1.82) is 0 Å². The zero-order valence-electron chi connectivity index (χ0n) is 7.33. The fourth-order valence-electron chi connectivity index (χ4n) is 1.37. The van der Waals surface area contributed by atoms with Gasteiger partial charge in [-0.05, 0) is 19.4 Å². The number of rotatable bonds is 3. The van der Waals surface area contributed by atoms with Gasteiger partial charge in [0.15, 0.2) is 0 Å². The lowest BCUT2D eigenvalue weighted by atomic mass is 9.55. The maximum atomic E-state index is 2.42. The van der Waals surface area contributed by atoms with Gasteiger partial charge in [-0.2, -0.15) is 0 Å². The summed E-state index contributed by atoms with van der Waals surface area (Å²) < 4.78 is 0. The molecule has 1 rings (SSSR count). The molecule has 0 bridgehead atoms. The van der Waals surface area contributed by atoms with Crippen LogP contribution in [-0.4, -0.2) is 24.7 Å². The summed E-state index contributed by atoms with van der Waals surface area (Å²) >= 11 is 0. The summed E-state index contributed by atoms with van der Waals surface area (Å²) in [4.78, 5) is 2.42. The van der Waals surface area contributed by atoms with Gasteiger partial charge in [0, 0.05) is 0 Å². The average molecular weight is 148 g/mol. The van der Waals surface area contributed by atoms with E-state index in [1.165, 1.54) is 0 Å². The van der Waals surface area contributed by atoms with Crippen LogP contribution >= 0.6 is 0 Å². The molecule has 0 saturated heterocycles. The maximum absolute atomic E-state index is 2.42. The summed E-state index contributed by atoms with van der Waals surface area (Å²) in [5.74, 6) is 2.23. The number of nitrogens with zero attached hydrogens (tertiary/aromatic N) is 1. The van der Waals surface area contributed by atoms with Crippen molar-refractivity contribution >= 4 is 6.85 Å². The quantitative estimate of drug-likeness (QED) is 0.551. The van der Waals surface area contributed by atoms with E-state index >= 15 is 0 Å². The van der Waals surface area contributed by atoms with Gasteiger partial charge in [-0.15, -0.1) is 0 Å². The molecule has 2 heteroatoms. The second-order valence-corrected chi connectivity index (χ2v) is 2.67. The van der Waals surface area contributed by atoms with Crippen LogP contribution in [0.25, 0.3) is 0 Å². The van der Waals surface area contributed by atoms with Crippen molar-refractivity contribution < 1.29 is 0 Å². The van der Waals surface area contributed by atoms with Crippen molar-refractivity contribution in [2.24, 2.45) is 0 Å². The molecule has 0 N–H and O–H groups in total. The average Bonchev–Trinajstić information content (AvgIpc) is 2.09. The van der Waals surface area contributed by atoms with Crippen molar-refractivity contribution in [3.05, 3.63) is 30.5 Å². The van der Waals surface area contributed by atoms with Gasteiger partial charge < -0.3 is 4.81 Å². The van der Waals surface area contributed by atoms with Crippen LogP contribution in [0.5, 0.6) is 0 Å². The van der Waals surface area contributed by atoms with E-state index in [9.17, 15) is 0 Å². The Kier molecular flexibility index (Phi) is 3.44. The Morgan fingerprint density at radius 3 is 2.27 bits per heavy atom. The van der Waals surface area contributed by atoms with E-state index in [0.717, 1.165) is 13.1 Å². The molecule has 0 aromatic rings. The van der Waals surface area contributed by atoms with E-state index in [1.807, 2.05) is 0 Å². The van der Waals surface area contributed by atoms with E-state index in [4.69, 9.17) is 0 Å². The number of hydrogen-bond donors (Lipinski definition) is 0. The molecule has 0 fully saturated rings. The van der Waals surface area contributed by atoms with Crippen LogP contribution in [0.2, 0.25) is 0 Å². The van der Waals surface area contributed by atoms with Crippen molar-refractivity contribution in [1.82, 2.24) is 4.81 Å². The highest BCUT2D eigenvalue weighted by Gasteiger charge is 2.16. The first-order valence-electron chi connectivity index (χ1n) is 4.30. The summed E-state index contributed by atoms with van der Waals surface area (Å²) in [7, 11) is 0. The molecule has 0 spiro atoms. The molecule has 11 heavy (non-hydrogen) atoms. The van der Waals surface area contributed by atoms with Crippen LogP contribution in [0.3, 0.4) is 0 Å². The molecule has 1 radical (unpaired) electrons. The third-order valence-corrected chi connectivity index (χ3v) is 2.07. The minimum atomic E-state index is 0.523. The lowest BCUT2D eigenvalue weighted by Gasteiger charge is -2.24. The molecule has 0 aromatic carbocycles. The van der Waals surface area contributed by atoms with Crippen molar-refractivity contribution in [2.45, 2.75) is 13.8 Å². The molecule has 0 aromatic heterocycles. The highest BCUT2D eigenvalue weighted by Crippen LogP contribution is 2.05. The predicted octanol–water partition coefficient (Wildman–Crippen LogP) is 1.73. The van der Waals surface area contributed by atoms with E-state index in [1.54, 1.807) is 0 Å².